The van der Waals surface area contributed by atoms with E-state index in [-0.39, 0.29) is 22.8 Å². The highest BCUT2D eigenvalue weighted by atomic mass is 32.1. The number of carbonyl (C=O) groups excluding carboxylic acids is 1. The highest BCUT2D eigenvalue weighted by molar-refractivity contribution is 7.15. The molecule has 0 saturated heterocycles. The molecule has 0 aliphatic rings. The maximum atomic E-state index is 12.0. The summed E-state index contributed by atoms with van der Waals surface area (Å²) < 4.78 is 4.99. The first-order chi connectivity index (χ1) is 8.60. The van der Waals surface area contributed by atoms with Crippen LogP contribution >= 0.6 is 11.3 Å². The van der Waals surface area contributed by atoms with Gasteiger partial charge in [0.2, 0.25) is 0 Å². The number of aromatic nitrogens is 2. The number of hydrogen-bond donors (Lipinski definition) is 2. The SMILES string of the molecule is COc1cc(=O)[nH]cc1C(=O)Nc1ncc(C)s1. The molecule has 0 aromatic carbocycles. The van der Waals surface area contributed by atoms with Crippen molar-refractivity contribution >= 4 is 22.4 Å². The van der Waals surface area contributed by atoms with Crippen LogP contribution in [0, 0.1) is 6.92 Å². The van der Waals surface area contributed by atoms with E-state index < -0.39 is 0 Å². The lowest BCUT2D eigenvalue weighted by Gasteiger charge is -2.06. The molecule has 0 spiro atoms. The van der Waals surface area contributed by atoms with E-state index in [9.17, 15) is 9.59 Å². The van der Waals surface area contributed by atoms with E-state index in [0.29, 0.717) is 5.13 Å². The lowest BCUT2D eigenvalue weighted by Crippen LogP contribution is -2.16. The summed E-state index contributed by atoms with van der Waals surface area (Å²) >= 11 is 1.37. The maximum Gasteiger partial charge on any atom is 0.262 e. The van der Waals surface area contributed by atoms with Crippen LogP contribution in [0.25, 0.3) is 0 Å². The van der Waals surface area contributed by atoms with Crippen molar-refractivity contribution in [3.05, 3.63) is 39.3 Å². The Balaban J connectivity index is 2.26. The molecule has 0 saturated carbocycles. The predicted molar refractivity (Wildman–Crippen MR) is 68.4 cm³/mol. The number of aryl methyl sites for hydroxylation is 1. The largest absolute Gasteiger partial charge is 0.496 e. The summed E-state index contributed by atoms with van der Waals surface area (Å²) in [5.74, 6) is -0.151. The zero-order valence-electron chi connectivity index (χ0n) is 9.81. The average Bonchev–Trinajstić information content (AvgIpc) is 2.74. The number of thiazole rings is 1. The Kier molecular flexibility index (Phi) is 3.42. The Morgan fingerprint density at radius 1 is 1.56 bits per heavy atom. The third-order valence-corrected chi connectivity index (χ3v) is 3.02. The van der Waals surface area contributed by atoms with E-state index in [1.165, 1.54) is 30.7 Å². The smallest absolute Gasteiger partial charge is 0.262 e. The summed E-state index contributed by atoms with van der Waals surface area (Å²) in [4.78, 5) is 30.5. The van der Waals surface area contributed by atoms with Gasteiger partial charge in [0.05, 0.1) is 12.7 Å². The van der Waals surface area contributed by atoms with Gasteiger partial charge in [-0.25, -0.2) is 4.98 Å². The second kappa shape index (κ2) is 5.01. The Labute approximate surface area is 107 Å². The number of amides is 1. The third-order valence-electron chi connectivity index (χ3n) is 2.19. The molecule has 2 N–H and O–H groups in total. The molecule has 2 rings (SSSR count). The number of nitrogens with zero attached hydrogens (tertiary/aromatic N) is 1. The van der Waals surface area contributed by atoms with Gasteiger partial charge in [0.15, 0.2) is 5.13 Å². The Morgan fingerprint density at radius 2 is 2.33 bits per heavy atom. The first-order valence-corrected chi connectivity index (χ1v) is 5.92. The first-order valence-electron chi connectivity index (χ1n) is 5.10. The van der Waals surface area contributed by atoms with E-state index in [2.05, 4.69) is 15.3 Å². The summed E-state index contributed by atoms with van der Waals surface area (Å²) in [6, 6.07) is 1.22. The molecule has 2 aromatic rings. The van der Waals surface area contributed by atoms with Crippen LogP contribution < -0.4 is 15.6 Å². The molecule has 0 bridgehead atoms. The van der Waals surface area contributed by atoms with E-state index in [4.69, 9.17) is 4.74 Å². The highest BCUT2D eigenvalue weighted by Gasteiger charge is 2.14. The second-order valence-corrected chi connectivity index (χ2v) is 4.74. The molecule has 2 heterocycles. The molecular weight excluding hydrogens is 254 g/mol. The Bertz CT molecular complexity index is 632. The van der Waals surface area contributed by atoms with Crippen molar-refractivity contribution in [3.63, 3.8) is 0 Å². The minimum atomic E-state index is -0.377. The molecule has 1 amide bonds. The van der Waals surface area contributed by atoms with Crippen LogP contribution in [-0.4, -0.2) is 23.0 Å². The summed E-state index contributed by atoms with van der Waals surface area (Å²) in [6.07, 6.45) is 2.99. The zero-order chi connectivity index (χ0) is 13.1. The third kappa shape index (κ3) is 2.57. The molecule has 6 nitrogen and oxygen atoms in total. The minimum absolute atomic E-state index is 0.226. The van der Waals surface area contributed by atoms with Crippen LogP contribution in [0.4, 0.5) is 5.13 Å². The van der Waals surface area contributed by atoms with Crippen LogP contribution in [0.2, 0.25) is 0 Å². The lowest BCUT2D eigenvalue weighted by atomic mass is 10.2. The second-order valence-electron chi connectivity index (χ2n) is 3.51. The molecule has 2 aromatic heterocycles. The average molecular weight is 265 g/mol. The van der Waals surface area contributed by atoms with E-state index in [1.54, 1.807) is 6.20 Å². The van der Waals surface area contributed by atoms with Gasteiger partial charge >= 0.3 is 0 Å². The van der Waals surface area contributed by atoms with Crippen molar-refractivity contribution in [2.45, 2.75) is 6.92 Å². The number of nitrogens with one attached hydrogen (secondary N) is 2. The van der Waals surface area contributed by atoms with Crippen molar-refractivity contribution in [2.24, 2.45) is 0 Å². The summed E-state index contributed by atoms with van der Waals surface area (Å²) in [5.41, 5.74) is -0.0709. The number of H-pyrrole nitrogens is 1. The van der Waals surface area contributed by atoms with Crippen molar-refractivity contribution in [3.8, 4) is 5.75 Å². The molecule has 0 atom stereocenters. The van der Waals surface area contributed by atoms with Gasteiger partial charge in [-0.3, -0.25) is 14.9 Å². The fraction of sp³-hybridized carbons (Fsp3) is 0.182. The number of carbonyl (C=O) groups is 1. The quantitative estimate of drug-likeness (QED) is 0.878. The maximum absolute atomic E-state index is 12.0. The van der Waals surface area contributed by atoms with Crippen LogP contribution in [0.5, 0.6) is 5.75 Å². The van der Waals surface area contributed by atoms with Gasteiger partial charge in [-0.1, -0.05) is 0 Å². The van der Waals surface area contributed by atoms with E-state index in [1.807, 2.05) is 6.92 Å². The van der Waals surface area contributed by atoms with Gasteiger partial charge in [-0.05, 0) is 6.92 Å². The zero-order valence-corrected chi connectivity index (χ0v) is 10.6. The van der Waals surface area contributed by atoms with Gasteiger partial charge in [0.1, 0.15) is 5.75 Å². The Hall–Kier alpha value is -2.15. The molecule has 94 valence electrons. The number of ether oxygens (including phenoxy) is 1. The topological polar surface area (TPSA) is 84.1 Å². The minimum Gasteiger partial charge on any atom is -0.496 e. The lowest BCUT2D eigenvalue weighted by molar-refractivity contribution is 0.102. The predicted octanol–water partition coefficient (Wildman–Crippen LogP) is 1.40. The van der Waals surface area contributed by atoms with Crippen LogP contribution in [-0.2, 0) is 0 Å². The van der Waals surface area contributed by atoms with Crippen LogP contribution in [0.3, 0.4) is 0 Å². The number of anilines is 1. The van der Waals surface area contributed by atoms with Gasteiger partial charge in [-0.15, -0.1) is 11.3 Å². The molecule has 0 unspecified atom stereocenters. The number of methoxy groups -OCH3 is 1. The van der Waals surface area contributed by atoms with Crippen LogP contribution in [0.1, 0.15) is 15.2 Å². The molecule has 7 heteroatoms. The van der Waals surface area contributed by atoms with Crippen LogP contribution in [0.15, 0.2) is 23.3 Å². The van der Waals surface area contributed by atoms with Crippen molar-refractivity contribution in [2.75, 3.05) is 12.4 Å². The fourth-order valence-electron chi connectivity index (χ4n) is 1.38. The van der Waals surface area contributed by atoms with Crippen molar-refractivity contribution in [1.82, 2.24) is 9.97 Å². The number of aromatic amines is 1. The fourth-order valence-corrected chi connectivity index (χ4v) is 2.04. The monoisotopic (exact) mass is 265 g/mol. The summed E-state index contributed by atoms with van der Waals surface area (Å²) in [6.45, 7) is 1.90. The molecule has 0 radical (unpaired) electrons. The molecule has 0 fully saturated rings. The number of hydrogen-bond acceptors (Lipinski definition) is 5. The normalized spacial score (nSPS) is 10.1. The van der Waals surface area contributed by atoms with Crippen molar-refractivity contribution in [1.29, 1.82) is 0 Å². The number of pyridine rings is 1. The highest BCUT2D eigenvalue weighted by Crippen LogP contribution is 2.20. The van der Waals surface area contributed by atoms with E-state index in [0.717, 1.165) is 4.88 Å². The van der Waals surface area contributed by atoms with Gasteiger partial charge in [0.25, 0.3) is 11.5 Å². The van der Waals surface area contributed by atoms with Gasteiger partial charge < -0.3 is 9.72 Å². The van der Waals surface area contributed by atoms with Gasteiger partial charge in [-0.2, -0.15) is 0 Å². The summed E-state index contributed by atoms with van der Waals surface area (Å²) in [5, 5.41) is 3.14. The standard InChI is InChI=1S/C11H11N3O3S/c1-6-4-13-11(18-6)14-10(16)7-5-12-9(15)3-8(7)17-2/h3-5H,1-2H3,(H,12,15)(H,13,14,16). The molecule has 0 aliphatic carbocycles. The first kappa shape index (κ1) is 12.3. The summed E-state index contributed by atoms with van der Waals surface area (Å²) in [7, 11) is 1.40. The Morgan fingerprint density at radius 3 is 2.94 bits per heavy atom. The number of rotatable bonds is 3. The van der Waals surface area contributed by atoms with Crippen molar-refractivity contribution < 1.29 is 9.53 Å². The molecule has 18 heavy (non-hydrogen) atoms. The molecular formula is C11H11N3O3S. The van der Waals surface area contributed by atoms with Gasteiger partial charge in [0, 0.05) is 23.3 Å². The van der Waals surface area contributed by atoms with E-state index >= 15 is 0 Å². The molecule has 0 aliphatic heterocycles.